The molecule has 0 saturated carbocycles. The molecule has 1 unspecified atom stereocenters. The molecule has 31 heavy (non-hydrogen) atoms. The molecule has 0 aliphatic carbocycles. The van der Waals surface area contributed by atoms with Gasteiger partial charge in [0.05, 0.1) is 5.60 Å². The van der Waals surface area contributed by atoms with Crippen molar-refractivity contribution in [2.45, 2.75) is 159 Å². The zero-order chi connectivity index (χ0) is 25.7. The molecule has 190 valence electrons. The van der Waals surface area contributed by atoms with Gasteiger partial charge in [-0.25, -0.2) is 0 Å². The van der Waals surface area contributed by atoms with Gasteiger partial charge in [-0.3, -0.25) is 0 Å². The minimum Gasteiger partial charge on any atom is -0.390 e. The molecule has 0 aromatic heterocycles. The predicted molar refractivity (Wildman–Crippen MR) is 142 cm³/mol. The van der Waals surface area contributed by atoms with Gasteiger partial charge in [-0.05, 0) is 89.9 Å². The molecule has 0 rings (SSSR count). The van der Waals surface area contributed by atoms with Gasteiger partial charge in [0.1, 0.15) is 0 Å². The summed E-state index contributed by atoms with van der Waals surface area (Å²) in [5, 5.41) is 14.2. The maximum atomic E-state index is 10.3. The van der Waals surface area contributed by atoms with E-state index in [0.717, 1.165) is 19.3 Å². The van der Waals surface area contributed by atoms with Crippen LogP contribution in [-0.2, 0) is 0 Å². The third kappa shape index (κ3) is 11.0. The average Bonchev–Trinajstić information content (AvgIpc) is 2.41. The van der Waals surface area contributed by atoms with E-state index in [-0.39, 0.29) is 27.4 Å². The molecule has 0 amide bonds. The summed E-state index contributed by atoms with van der Waals surface area (Å²) in [4.78, 5) is 0. The Morgan fingerprint density at radius 2 is 1.00 bits per heavy atom. The van der Waals surface area contributed by atoms with Crippen molar-refractivity contribution < 1.29 is 5.11 Å². The van der Waals surface area contributed by atoms with Gasteiger partial charge >= 0.3 is 0 Å². The highest BCUT2D eigenvalue weighted by Crippen LogP contribution is 2.52. The Hall–Kier alpha value is -0.120. The van der Waals surface area contributed by atoms with E-state index < -0.39 is 5.60 Å². The largest absolute Gasteiger partial charge is 0.390 e. The van der Waals surface area contributed by atoms with Gasteiger partial charge in [0.15, 0.2) is 0 Å². The van der Waals surface area contributed by atoms with Crippen LogP contribution in [0.25, 0.3) is 0 Å². The van der Waals surface area contributed by atoms with E-state index in [0.29, 0.717) is 18.3 Å². The molecule has 0 radical (unpaired) electrons. The molecule has 4 N–H and O–H groups in total. The second-order valence-corrected chi connectivity index (χ2v) is 14.0. The highest BCUT2D eigenvalue weighted by atomic mass is 16.3. The fourth-order valence-corrected chi connectivity index (χ4v) is 6.66. The van der Waals surface area contributed by atoms with Crippen LogP contribution in [0.15, 0.2) is 0 Å². The number of rotatable bonds is 12. The third-order valence-corrected chi connectivity index (χ3v) is 6.50. The van der Waals surface area contributed by atoms with Crippen LogP contribution in [0.2, 0.25) is 0 Å². The van der Waals surface area contributed by atoms with Crippen LogP contribution >= 0.6 is 0 Å². The highest BCUT2D eigenvalue weighted by Gasteiger charge is 2.53. The molecular formula is C28H62N2O. The predicted octanol–water partition coefficient (Wildman–Crippen LogP) is 7.55. The van der Waals surface area contributed by atoms with Crippen LogP contribution in [0, 0.1) is 22.7 Å². The third-order valence-electron chi connectivity index (χ3n) is 6.50. The Morgan fingerprint density at radius 1 is 0.645 bits per heavy atom. The zero-order valence-electron chi connectivity index (χ0n) is 24.5. The first kappa shape index (κ1) is 33.1. The summed E-state index contributed by atoms with van der Waals surface area (Å²) in [6.07, 6.45) is 3.81. The molecule has 0 aromatic rings. The molecule has 0 saturated heterocycles. The Labute approximate surface area is 197 Å². The lowest BCUT2D eigenvalue weighted by Crippen LogP contribution is -2.66. The molecule has 3 nitrogen and oxygen atoms in total. The van der Waals surface area contributed by atoms with Crippen LogP contribution in [0.1, 0.15) is 136 Å². The molecule has 0 aliphatic heterocycles. The van der Waals surface area contributed by atoms with E-state index in [1.54, 1.807) is 0 Å². The van der Waals surface area contributed by atoms with E-state index in [9.17, 15) is 5.11 Å². The van der Waals surface area contributed by atoms with Crippen LogP contribution in [0.3, 0.4) is 0 Å². The van der Waals surface area contributed by atoms with E-state index in [4.69, 9.17) is 5.73 Å². The molecule has 0 bridgehead atoms. The summed E-state index contributed by atoms with van der Waals surface area (Å²) in [6.45, 7) is 35.4. The molecule has 0 heterocycles. The SMILES string of the molecule is CC.CC(C)CC(C)(C)C(N)(CC(C)C)C(C)(C)CC(C)(C)NC(C)(C)CC(C)(C)O. The van der Waals surface area contributed by atoms with Crippen LogP contribution < -0.4 is 11.1 Å². The summed E-state index contributed by atoms with van der Waals surface area (Å²) in [5.41, 5.74) is 6.14. The van der Waals surface area contributed by atoms with Crippen LogP contribution in [0.5, 0.6) is 0 Å². The smallest absolute Gasteiger partial charge is 0.0609 e. The second kappa shape index (κ2) is 11.3. The zero-order valence-corrected chi connectivity index (χ0v) is 24.5. The van der Waals surface area contributed by atoms with E-state index in [2.05, 4.69) is 88.4 Å². The highest BCUT2D eigenvalue weighted by molar-refractivity contribution is 5.10. The van der Waals surface area contributed by atoms with Crippen LogP contribution in [0.4, 0.5) is 0 Å². The summed E-state index contributed by atoms with van der Waals surface area (Å²) in [7, 11) is 0. The van der Waals surface area contributed by atoms with E-state index in [1.807, 2.05) is 27.7 Å². The number of hydrogen-bond acceptors (Lipinski definition) is 3. The lowest BCUT2D eigenvalue weighted by molar-refractivity contribution is -0.0222. The number of nitrogens with two attached hydrogens (primary N) is 1. The van der Waals surface area contributed by atoms with Crippen molar-refractivity contribution in [3.05, 3.63) is 0 Å². The minimum atomic E-state index is -0.698. The van der Waals surface area contributed by atoms with Crippen molar-refractivity contribution in [2.75, 3.05) is 0 Å². The Kier molecular flexibility index (Phi) is 12.1. The molecule has 0 aromatic carbocycles. The van der Waals surface area contributed by atoms with Crippen molar-refractivity contribution in [2.24, 2.45) is 28.4 Å². The molecule has 1 atom stereocenters. The van der Waals surface area contributed by atoms with E-state index in [1.165, 1.54) is 0 Å². The second-order valence-electron chi connectivity index (χ2n) is 14.0. The van der Waals surface area contributed by atoms with Crippen molar-refractivity contribution >= 4 is 0 Å². The van der Waals surface area contributed by atoms with Gasteiger partial charge < -0.3 is 16.2 Å². The molecular weight excluding hydrogens is 380 g/mol. The van der Waals surface area contributed by atoms with Crippen molar-refractivity contribution in [1.29, 1.82) is 0 Å². The number of hydrogen-bond donors (Lipinski definition) is 3. The lowest BCUT2D eigenvalue weighted by Gasteiger charge is -2.58. The summed E-state index contributed by atoms with van der Waals surface area (Å²) < 4.78 is 0. The Morgan fingerprint density at radius 3 is 1.32 bits per heavy atom. The first-order chi connectivity index (χ1) is 13.5. The van der Waals surface area contributed by atoms with Crippen molar-refractivity contribution in [3.8, 4) is 0 Å². The maximum Gasteiger partial charge on any atom is 0.0609 e. The minimum absolute atomic E-state index is 0.0353. The van der Waals surface area contributed by atoms with Gasteiger partial charge in [-0.2, -0.15) is 0 Å². The fraction of sp³-hybridized carbons (Fsp3) is 1.00. The fourth-order valence-electron chi connectivity index (χ4n) is 6.66. The van der Waals surface area contributed by atoms with E-state index >= 15 is 0 Å². The van der Waals surface area contributed by atoms with Gasteiger partial charge in [0.25, 0.3) is 0 Å². The molecule has 0 aliphatic rings. The molecule has 0 spiro atoms. The summed E-state index contributed by atoms with van der Waals surface area (Å²) >= 11 is 0. The first-order valence-corrected chi connectivity index (χ1v) is 12.8. The van der Waals surface area contributed by atoms with Crippen molar-refractivity contribution in [1.82, 2.24) is 5.32 Å². The van der Waals surface area contributed by atoms with Crippen molar-refractivity contribution in [3.63, 3.8) is 0 Å². The Bertz CT molecular complexity index is 510. The first-order valence-electron chi connectivity index (χ1n) is 12.8. The number of aliphatic hydroxyl groups is 1. The monoisotopic (exact) mass is 442 g/mol. The maximum absolute atomic E-state index is 10.3. The topological polar surface area (TPSA) is 58.3 Å². The van der Waals surface area contributed by atoms with Gasteiger partial charge in [0.2, 0.25) is 0 Å². The normalized spacial score (nSPS) is 16.3. The Balaban J connectivity index is 0. The standard InChI is InChI=1S/C26H56N2O.C2H6/c1-19(2)15-21(5,6)26(27,16-20(3)4)22(7,8)17-23(9,10)28-24(11,12)18-25(13,14)29;1-2/h19-20,28-29H,15-18,27H2,1-14H3;1-2H3. The lowest BCUT2D eigenvalue weighted by atomic mass is 9.52. The van der Waals surface area contributed by atoms with Gasteiger partial charge in [-0.15, -0.1) is 0 Å². The average molecular weight is 443 g/mol. The molecule has 0 fully saturated rings. The van der Waals surface area contributed by atoms with Gasteiger partial charge in [0, 0.05) is 16.6 Å². The quantitative estimate of drug-likeness (QED) is 0.292. The van der Waals surface area contributed by atoms with Gasteiger partial charge in [-0.1, -0.05) is 69.2 Å². The summed E-state index contributed by atoms with van der Waals surface area (Å²) in [6, 6.07) is 0. The van der Waals surface area contributed by atoms with Crippen LogP contribution in [-0.4, -0.2) is 27.3 Å². The number of nitrogens with one attached hydrogen (secondary N) is 1. The summed E-state index contributed by atoms with van der Waals surface area (Å²) in [5.74, 6) is 1.17. The molecule has 3 heteroatoms.